The van der Waals surface area contributed by atoms with E-state index in [1.807, 2.05) is 0 Å². The fourth-order valence-corrected chi connectivity index (χ4v) is 2.14. The van der Waals surface area contributed by atoms with E-state index in [0.717, 1.165) is 19.3 Å². The number of allylic oxidation sites excluding steroid dienone is 1. The van der Waals surface area contributed by atoms with Crippen LogP contribution in [0.1, 0.15) is 36.1 Å². The number of hydrogen-bond acceptors (Lipinski definition) is 0. The zero-order chi connectivity index (χ0) is 9.26. The Morgan fingerprint density at radius 3 is 2.36 bits per heavy atom. The van der Waals surface area contributed by atoms with Gasteiger partial charge in [0, 0.05) is 26.2 Å². The van der Waals surface area contributed by atoms with Gasteiger partial charge in [0.15, 0.2) is 0 Å². The van der Waals surface area contributed by atoms with Gasteiger partial charge in [0.25, 0.3) is 0 Å². The molecule has 0 radical (unpaired) electrons. The molecule has 0 nitrogen and oxygen atoms in total. The van der Waals surface area contributed by atoms with Crippen LogP contribution in [0.4, 0.5) is 0 Å². The van der Waals surface area contributed by atoms with Crippen molar-refractivity contribution >= 4 is 6.08 Å². The minimum atomic E-state index is 0. The van der Waals surface area contributed by atoms with Crippen molar-refractivity contribution in [2.75, 3.05) is 0 Å². The molecule has 0 amide bonds. The molecule has 1 heteroatoms. The Kier molecular flexibility index (Phi) is 4.32. The van der Waals surface area contributed by atoms with Crippen LogP contribution in [0.3, 0.4) is 0 Å². The summed E-state index contributed by atoms with van der Waals surface area (Å²) in [6.07, 6.45) is 8.02. The van der Waals surface area contributed by atoms with Crippen LogP contribution >= 0.6 is 0 Å². The number of aryl methyl sites for hydroxylation is 2. The van der Waals surface area contributed by atoms with Gasteiger partial charge in [-0.3, -0.25) is 0 Å². The topological polar surface area (TPSA) is 0 Å². The summed E-state index contributed by atoms with van der Waals surface area (Å²) in [5.41, 5.74) is 6.10. The molecule has 1 aromatic rings. The van der Waals surface area contributed by atoms with E-state index in [4.69, 9.17) is 0 Å². The Bertz CT molecular complexity index is 350. The van der Waals surface area contributed by atoms with E-state index in [9.17, 15) is 0 Å². The van der Waals surface area contributed by atoms with E-state index in [2.05, 4.69) is 38.1 Å². The molecule has 0 aromatic heterocycles. The summed E-state index contributed by atoms with van der Waals surface area (Å²) >= 11 is 0. The Morgan fingerprint density at radius 1 is 1.07 bits per heavy atom. The average molecular weight is 263 g/mol. The molecule has 0 saturated heterocycles. The van der Waals surface area contributed by atoms with E-state index < -0.39 is 0 Å². The summed E-state index contributed by atoms with van der Waals surface area (Å²) in [5, 5.41) is 0. The van der Waals surface area contributed by atoms with Gasteiger partial charge in [0.05, 0.1) is 0 Å². The molecule has 0 unspecified atom stereocenters. The maximum atomic E-state index is 2.30. The van der Waals surface area contributed by atoms with Crippen LogP contribution < -0.4 is 0 Å². The first-order valence-corrected chi connectivity index (χ1v) is 5.17. The average Bonchev–Trinajstić information content (AvgIpc) is 2.64. The summed E-state index contributed by atoms with van der Waals surface area (Å²) in [7, 11) is 0. The van der Waals surface area contributed by atoms with Gasteiger partial charge in [0.2, 0.25) is 0 Å². The van der Waals surface area contributed by atoms with Crippen molar-refractivity contribution in [1.29, 1.82) is 0 Å². The van der Waals surface area contributed by atoms with Gasteiger partial charge in [-0.05, 0) is 41.5 Å². The zero-order valence-corrected chi connectivity index (χ0v) is 11.4. The van der Waals surface area contributed by atoms with Crippen LogP contribution in [0.2, 0.25) is 0 Å². The van der Waals surface area contributed by atoms with Crippen molar-refractivity contribution in [3.8, 4) is 0 Å². The van der Waals surface area contributed by atoms with Crippen LogP contribution in [0.15, 0.2) is 18.2 Å². The van der Waals surface area contributed by atoms with Crippen molar-refractivity contribution < 1.29 is 26.2 Å². The van der Waals surface area contributed by atoms with Gasteiger partial charge in [-0.15, -0.1) is 0 Å². The zero-order valence-electron chi connectivity index (χ0n) is 8.93. The quantitative estimate of drug-likeness (QED) is 0.767. The molecule has 0 heterocycles. The normalized spacial score (nSPS) is 12.4. The molecule has 0 fully saturated rings. The van der Waals surface area contributed by atoms with Crippen LogP contribution in [0, 0.1) is 0 Å². The summed E-state index contributed by atoms with van der Waals surface area (Å²) in [6, 6.07) is 4.58. The predicted molar refractivity (Wildman–Crippen MR) is 57.9 cm³/mol. The van der Waals surface area contributed by atoms with Gasteiger partial charge >= 0.3 is 0 Å². The number of benzene rings is 1. The Morgan fingerprint density at radius 2 is 1.71 bits per heavy atom. The first-order valence-electron chi connectivity index (χ1n) is 5.17. The predicted octanol–water partition coefficient (Wildman–Crippen LogP) is 3.38. The van der Waals surface area contributed by atoms with Crippen LogP contribution in [-0.4, -0.2) is 0 Å². The number of fused-ring (bicyclic) bond motifs is 1. The number of hydrogen-bond donors (Lipinski definition) is 0. The molecular weight excluding hydrogens is 247 g/mol. The van der Waals surface area contributed by atoms with E-state index in [1.165, 1.54) is 16.7 Å². The van der Waals surface area contributed by atoms with Gasteiger partial charge in [-0.2, -0.15) is 0 Å². The first-order chi connectivity index (χ1) is 6.36. The second kappa shape index (κ2) is 5.07. The molecule has 14 heavy (non-hydrogen) atoms. The molecule has 0 bridgehead atoms. The van der Waals surface area contributed by atoms with E-state index in [-0.39, 0.29) is 26.2 Å². The van der Waals surface area contributed by atoms with Crippen LogP contribution in [0.25, 0.3) is 6.08 Å². The molecular formula is C13H16Zr. The second-order valence-corrected chi connectivity index (χ2v) is 3.59. The molecule has 0 atom stereocenters. The Hall–Kier alpha value is -0.157. The third-order valence-electron chi connectivity index (χ3n) is 2.91. The molecule has 2 rings (SSSR count). The minimum absolute atomic E-state index is 0. The third kappa shape index (κ3) is 1.93. The molecule has 1 aromatic carbocycles. The van der Waals surface area contributed by atoms with Crippen LogP contribution in [-0.2, 0) is 45.5 Å². The fraction of sp³-hybridized carbons (Fsp3) is 0.385. The molecule has 0 spiro atoms. The second-order valence-electron chi connectivity index (χ2n) is 3.59. The standard InChI is InChI=1S/C13H16.Zr/c1-3-10-8-9-11(4-2)13-7-5-6-12(10)13;/h5-6,8-9H,3-4,7H2,1-2H3;. The molecule has 1 aliphatic carbocycles. The SMILES string of the molecule is CCc1ccc(CC)c2c1C=CC2.[Zr]. The van der Waals surface area contributed by atoms with Gasteiger partial charge < -0.3 is 0 Å². The first kappa shape index (κ1) is 11.9. The van der Waals surface area contributed by atoms with E-state index in [1.54, 1.807) is 5.56 Å². The number of rotatable bonds is 2. The summed E-state index contributed by atoms with van der Waals surface area (Å²) < 4.78 is 0. The van der Waals surface area contributed by atoms with Crippen molar-refractivity contribution in [3.05, 3.63) is 40.5 Å². The monoisotopic (exact) mass is 262 g/mol. The largest absolute Gasteiger partial charge is 0.0795 e. The molecule has 72 valence electrons. The summed E-state index contributed by atoms with van der Waals surface area (Å²) in [5.74, 6) is 0. The summed E-state index contributed by atoms with van der Waals surface area (Å²) in [6.45, 7) is 4.47. The molecule has 0 saturated carbocycles. The van der Waals surface area contributed by atoms with Crippen molar-refractivity contribution in [2.24, 2.45) is 0 Å². The smallest absolute Gasteiger partial charge is 0 e. The molecule has 1 aliphatic rings. The fourth-order valence-electron chi connectivity index (χ4n) is 2.14. The van der Waals surface area contributed by atoms with Crippen molar-refractivity contribution in [1.82, 2.24) is 0 Å². The summed E-state index contributed by atoms with van der Waals surface area (Å²) in [4.78, 5) is 0. The minimum Gasteiger partial charge on any atom is -0.0795 e. The van der Waals surface area contributed by atoms with Crippen molar-refractivity contribution in [2.45, 2.75) is 33.1 Å². The molecule has 0 N–H and O–H groups in total. The molecule has 0 aliphatic heterocycles. The van der Waals surface area contributed by atoms with E-state index in [0.29, 0.717) is 0 Å². The van der Waals surface area contributed by atoms with Gasteiger partial charge in [0.1, 0.15) is 0 Å². The Balaban J connectivity index is 0.000000980. The van der Waals surface area contributed by atoms with E-state index >= 15 is 0 Å². The van der Waals surface area contributed by atoms with Gasteiger partial charge in [-0.1, -0.05) is 38.1 Å². The van der Waals surface area contributed by atoms with Gasteiger partial charge in [-0.25, -0.2) is 0 Å². The maximum absolute atomic E-state index is 2.30. The van der Waals surface area contributed by atoms with Crippen LogP contribution in [0.5, 0.6) is 0 Å². The maximum Gasteiger partial charge on any atom is 0 e. The Labute approximate surface area is 106 Å². The van der Waals surface area contributed by atoms with Crippen molar-refractivity contribution in [3.63, 3.8) is 0 Å². The third-order valence-corrected chi connectivity index (χ3v) is 2.91.